The van der Waals surface area contributed by atoms with Gasteiger partial charge in [0.15, 0.2) is 0 Å². The van der Waals surface area contributed by atoms with Crippen LogP contribution in [-0.4, -0.2) is 33.3 Å². The van der Waals surface area contributed by atoms with E-state index in [2.05, 4.69) is 0 Å². The summed E-state index contributed by atoms with van der Waals surface area (Å²) < 4.78 is 0. The summed E-state index contributed by atoms with van der Waals surface area (Å²) in [5.74, 6) is 0.816. The third-order valence-electron chi connectivity index (χ3n) is 3.72. The van der Waals surface area contributed by atoms with Gasteiger partial charge in [0.25, 0.3) is 0 Å². The average molecular weight is 216 g/mol. The third-order valence-corrected chi connectivity index (χ3v) is 5.00. The molecule has 14 heavy (non-hydrogen) atoms. The fourth-order valence-corrected chi connectivity index (χ4v) is 3.90. The SMILES string of the molecule is O=C(O)C1(C2(O)CCC2)CCCSC1. The Morgan fingerprint density at radius 3 is 2.29 bits per heavy atom. The smallest absolute Gasteiger partial charge is 0.313 e. The van der Waals surface area contributed by atoms with E-state index in [1.165, 1.54) is 0 Å². The van der Waals surface area contributed by atoms with Crippen molar-refractivity contribution in [3.8, 4) is 0 Å². The predicted octanol–water partition coefficient (Wildman–Crippen LogP) is 1.50. The number of carbonyl (C=O) groups is 1. The van der Waals surface area contributed by atoms with Gasteiger partial charge in [-0.15, -0.1) is 0 Å². The zero-order valence-electron chi connectivity index (χ0n) is 8.16. The quantitative estimate of drug-likeness (QED) is 0.734. The van der Waals surface area contributed by atoms with Crippen molar-refractivity contribution in [1.82, 2.24) is 0 Å². The van der Waals surface area contributed by atoms with Crippen molar-refractivity contribution in [2.45, 2.75) is 37.7 Å². The zero-order valence-corrected chi connectivity index (χ0v) is 8.98. The van der Waals surface area contributed by atoms with Crippen LogP contribution in [0.15, 0.2) is 0 Å². The molecule has 2 fully saturated rings. The molecule has 4 heteroatoms. The highest BCUT2D eigenvalue weighted by Gasteiger charge is 2.58. The summed E-state index contributed by atoms with van der Waals surface area (Å²) in [6.07, 6.45) is 3.86. The van der Waals surface area contributed by atoms with Gasteiger partial charge in [-0.05, 0) is 37.9 Å². The summed E-state index contributed by atoms with van der Waals surface area (Å²) in [6, 6.07) is 0. The molecule has 80 valence electrons. The van der Waals surface area contributed by atoms with E-state index >= 15 is 0 Å². The van der Waals surface area contributed by atoms with E-state index < -0.39 is 17.0 Å². The zero-order chi connectivity index (χ0) is 10.2. The van der Waals surface area contributed by atoms with Gasteiger partial charge in [0, 0.05) is 5.75 Å². The minimum absolute atomic E-state index is 0.582. The van der Waals surface area contributed by atoms with Gasteiger partial charge >= 0.3 is 5.97 Å². The lowest BCUT2D eigenvalue weighted by atomic mass is 9.60. The van der Waals surface area contributed by atoms with Crippen molar-refractivity contribution >= 4 is 17.7 Å². The molecule has 0 amide bonds. The Labute approximate surface area is 87.9 Å². The van der Waals surface area contributed by atoms with Crippen LogP contribution < -0.4 is 0 Å². The van der Waals surface area contributed by atoms with Crippen LogP contribution in [0.2, 0.25) is 0 Å². The lowest BCUT2D eigenvalue weighted by Gasteiger charge is -2.51. The van der Waals surface area contributed by atoms with Gasteiger partial charge in [0.05, 0.1) is 5.60 Å². The van der Waals surface area contributed by atoms with E-state index in [4.69, 9.17) is 0 Å². The molecule has 2 rings (SSSR count). The Morgan fingerprint density at radius 1 is 1.21 bits per heavy atom. The van der Waals surface area contributed by atoms with Crippen LogP contribution in [0, 0.1) is 5.41 Å². The number of rotatable bonds is 2. The van der Waals surface area contributed by atoms with E-state index in [9.17, 15) is 15.0 Å². The van der Waals surface area contributed by atoms with Crippen molar-refractivity contribution in [2.24, 2.45) is 5.41 Å². The van der Waals surface area contributed by atoms with Crippen LogP contribution in [0.1, 0.15) is 32.1 Å². The molecule has 0 spiro atoms. The lowest BCUT2D eigenvalue weighted by molar-refractivity contribution is -0.181. The normalized spacial score (nSPS) is 36.1. The van der Waals surface area contributed by atoms with E-state index in [0.717, 1.165) is 18.6 Å². The fourth-order valence-electron chi connectivity index (χ4n) is 2.52. The Hall–Kier alpha value is -0.220. The van der Waals surface area contributed by atoms with Crippen molar-refractivity contribution < 1.29 is 15.0 Å². The molecule has 0 radical (unpaired) electrons. The number of carboxylic acid groups (broad SMARTS) is 1. The molecular formula is C10H16O3S. The molecular weight excluding hydrogens is 200 g/mol. The Kier molecular flexibility index (Phi) is 2.52. The van der Waals surface area contributed by atoms with Gasteiger partial charge in [-0.25, -0.2) is 0 Å². The van der Waals surface area contributed by atoms with E-state index in [1.54, 1.807) is 11.8 Å². The molecule has 0 bridgehead atoms. The Balaban J connectivity index is 2.24. The summed E-state index contributed by atoms with van der Waals surface area (Å²) in [5, 5.41) is 19.6. The number of thioether (sulfide) groups is 1. The molecule has 1 atom stereocenters. The maximum absolute atomic E-state index is 11.3. The summed E-state index contributed by atoms with van der Waals surface area (Å²) in [7, 11) is 0. The van der Waals surface area contributed by atoms with Crippen molar-refractivity contribution in [1.29, 1.82) is 0 Å². The standard InChI is InChI=1S/C10H16O3S/c11-8(12)9(3-2-6-14-7-9)10(13)4-1-5-10/h13H,1-7H2,(H,11,12). The molecule has 1 aliphatic heterocycles. The summed E-state index contributed by atoms with van der Waals surface area (Å²) in [6.45, 7) is 0. The third kappa shape index (κ3) is 1.27. The van der Waals surface area contributed by atoms with Crippen molar-refractivity contribution in [3.63, 3.8) is 0 Å². The molecule has 3 nitrogen and oxygen atoms in total. The second-order valence-corrected chi connectivity index (χ2v) is 5.53. The summed E-state index contributed by atoms with van der Waals surface area (Å²) >= 11 is 1.67. The maximum Gasteiger partial charge on any atom is 0.313 e. The van der Waals surface area contributed by atoms with Gasteiger partial charge in [-0.1, -0.05) is 0 Å². The van der Waals surface area contributed by atoms with Crippen LogP contribution in [0.5, 0.6) is 0 Å². The monoisotopic (exact) mass is 216 g/mol. The molecule has 2 N–H and O–H groups in total. The number of hydrogen-bond acceptors (Lipinski definition) is 3. The number of aliphatic carboxylic acids is 1. The second kappa shape index (κ2) is 3.42. The highest BCUT2D eigenvalue weighted by Crippen LogP contribution is 2.52. The number of aliphatic hydroxyl groups is 1. The fraction of sp³-hybridized carbons (Fsp3) is 0.900. The topological polar surface area (TPSA) is 57.5 Å². The minimum Gasteiger partial charge on any atom is -0.481 e. The maximum atomic E-state index is 11.3. The molecule has 0 aromatic rings. The van der Waals surface area contributed by atoms with Gasteiger partial charge in [0.2, 0.25) is 0 Å². The van der Waals surface area contributed by atoms with Crippen molar-refractivity contribution in [3.05, 3.63) is 0 Å². The number of carboxylic acids is 1. The Bertz CT molecular complexity index is 242. The first kappa shape index (κ1) is 10.3. The van der Waals surface area contributed by atoms with E-state index in [1.807, 2.05) is 0 Å². The van der Waals surface area contributed by atoms with E-state index in [-0.39, 0.29) is 0 Å². The predicted molar refractivity (Wildman–Crippen MR) is 55.4 cm³/mol. The summed E-state index contributed by atoms with van der Waals surface area (Å²) in [4.78, 5) is 11.3. The van der Waals surface area contributed by atoms with Gasteiger partial charge in [-0.2, -0.15) is 11.8 Å². The molecule has 2 aliphatic rings. The van der Waals surface area contributed by atoms with Crippen LogP contribution in [0.25, 0.3) is 0 Å². The first-order chi connectivity index (χ1) is 6.61. The second-order valence-electron chi connectivity index (χ2n) is 4.43. The minimum atomic E-state index is -0.910. The highest BCUT2D eigenvalue weighted by atomic mass is 32.2. The first-order valence-electron chi connectivity index (χ1n) is 5.14. The van der Waals surface area contributed by atoms with Crippen molar-refractivity contribution in [2.75, 3.05) is 11.5 Å². The van der Waals surface area contributed by atoms with Crippen LogP contribution >= 0.6 is 11.8 Å². The highest BCUT2D eigenvalue weighted by molar-refractivity contribution is 7.99. The molecule has 0 aromatic heterocycles. The summed E-state index contributed by atoms with van der Waals surface area (Å²) in [5.41, 5.74) is -1.76. The number of hydrogen-bond donors (Lipinski definition) is 2. The van der Waals surface area contributed by atoms with Crippen LogP contribution in [0.4, 0.5) is 0 Å². The van der Waals surface area contributed by atoms with Crippen LogP contribution in [0.3, 0.4) is 0 Å². The first-order valence-corrected chi connectivity index (χ1v) is 6.30. The molecule has 1 aliphatic carbocycles. The van der Waals surface area contributed by atoms with E-state index in [0.29, 0.717) is 25.0 Å². The molecule has 1 heterocycles. The van der Waals surface area contributed by atoms with Gasteiger partial charge < -0.3 is 10.2 Å². The molecule has 1 saturated heterocycles. The molecule has 0 aromatic carbocycles. The van der Waals surface area contributed by atoms with Gasteiger partial charge in [-0.3, -0.25) is 4.79 Å². The van der Waals surface area contributed by atoms with Crippen LogP contribution in [-0.2, 0) is 4.79 Å². The molecule has 1 unspecified atom stereocenters. The average Bonchev–Trinajstić information content (AvgIpc) is 2.15. The van der Waals surface area contributed by atoms with Gasteiger partial charge in [0.1, 0.15) is 5.41 Å². The Morgan fingerprint density at radius 2 is 1.93 bits per heavy atom. The lowest BCUT2D eigenvalue weighted by Crippen LogP contribution is -2.59. The molecule has 1 saturated carbocycles. The largest absolute Gasteiger partial charge is 0.481 e.